The van der Waals surface area contributed by atoms with Gasteiger partial charge >= 0.3 is 0 Å². The zero-order chi connectivity index (χ0) is 8.27. The second kappa shape index (κ2) is 3.73. The van der Waals surface area contributed by atoms with Crippen molar-refractivity contribution >= 4 is 0 Å². The Morgan fingerprint density at radius 2 is 2.27 bits per heavy atom. The number of piperidine rings is 1. The molecule has 0 saturated carbocycles. The van der Waals surface area contributed by atoms with Gasteiger partial charge in [-0.15, -0.1) is 0 Å². The maximum atomic E-state index is 8.71. The van der Waals surface area contributed by atoms with Crippen LogP contribution < -0.4 is 0 Å². The minimum Gasteiger partial charge on any atom is -0.300 e. The first-order chi connectivity index (χ1) is 5.24. The monoisotopic (exact) mass is 152 g/mol. The Morgan fingerprint density at radius 3 is 2.82 bits per heavy atom. The Morgan fingerprint density at radius 1 is 1.55 bits per heavy atom. The van der Waals surface area contributed by atoms with E-state index >= 15 is 0 Å². The van der Waals surface area contributed by atoms with Crippen molar-refractivity contribution in [2.75, 3.05) is 13.1 Å². The molecule has 1 fully saturated rings. The number of hydrogen-bond acceptors (Lipinski definition) is 2. The molecule has 0 aliphatic carbocycles. The Labute approximate surface area is 68.8 Å². The highest BCUT2D eigenvalue weighted by Gasteiger charge is 2.20. The number of nitriles is 1. The topological polar surface area (TPSA) is 27.0 Å². The van der Waals surface area contributed by atoms with E-state index in [2.05, 4.69) is 24.8 Å². The third kappa shape index (κ3) is 2.20. The molecule has 0 amide bonds. The van der Waals surface area contributed by atoms with Gasteiger partial charge in [0.1, 0.15) is 0 Å². The van der Waals surface area contributed by atoms with Crippen LogP contribution >= 0.6 is 0 Å². The minimum atomic E-state index is 0.283. The summed E-state index contributed by atoms with van der Waals surface area (Å²) in [6, 6.07) is 2.95. The van der Waals surface area contributed by atoms with Crippen LogP contribution in [0.25, 0.3) is 0 Å². The second-order valence-corrected chi connectivity index (χ2v) is 3.56. The normalized spacial score (nSPS) is 26.9. The first-order valence-electron chi connectivity index (χ1n) is 4.37. The molecule has 0 aromatic carbocycles. The molecular formula is C9H16N2. The zero-order valence-electron chi connectivity index (χ0n) is 7.38. The Balaban J connectivity index is 2.41. The van der Waals surface area contributed by atoms with Crippen molar-refractivity contribution in [1.29, 1.82) is 5.26 Å². The molecule has 2 heteroatoms. The van der Waals surface area contributed by atoms with Gasteiger partial charge in [-0.1, -0.05) is 0 Å². The summed E-state index contributed by atoms with van der Waals surface area (Å²) >= 11 is 0. The molecule has 1 aliphatic rings. The average Bonchev–Trinajstić information content (AvgIpc) is 2.05. The van der Waals surface area contributed by atoms with Gasteiger partial charge < -0.3 is 0 Å². The Kier molecular flexibility index (Phi) is 2.90. The number of rotatable bonds is 1. The van der Waals surface area contributed by atoms with Crippen LogP contribution in [0, 0.1) is 17.2 Å². The highest BCUT2D eigenvalue weighted by atomic mass is 15.1. The molecule has 1 atom stereocenters. The van der Waals surface area contributed by atoms with E-state index in [9.17, 15) is 0 Å². The highest BCUT2D eigenvalue weighted by Crippen LogP contribution is 2.16. The summed E-state index contributed by atoms with van der Waals surface area (Å²) < 4.78 is 0. The van der Waals surface area contributed by atoms with Gasteiger partial charge in [0.05, 0.1) is 12.0 Å². The number of hydrogen-bond donors (Lipinski definition) is 0. The molecule has 0 aromatic heterocycles. The molecule has 2 nitrogen and oxygen atoms in total. The first-order valence-corrected chi connectivity index (χ1v) is 4.37. The van der Waals surface area contributed by atoms with Gasteiger partial charge in [-0.25, -0.2) is 0 Å². The van der Waals surface area contributed by atoms with E-state index in [-0.39, 0.29) is 5.92 Å². The van der Waals surface area contributed by atoms with E-state index in [0.717, 1.165) is 13.0 Å². The van der Waals surface area contributed by atoms with E-state index in [0.29, 0.717) is 6.04 Å². The predicted octanol–water partition coefficient (Wildman–Crippen LogP) is 1.63. The van der Waals surface area contributed by atoms with Gasteiger partial charge in [-0.05, 0) is 33.2 Å². The molecule has 0 spiro atoms. The third-order valence-corrected chi connectivity index (χ3v) is 2.37. The van der Waals surface area contributed by atoms with E-state index in [1.807, 2.05) is 0 Å². The van der Waals surface area contributed by atoms with Crippen molar-refractivity contribution in [2.24, 2.45) is 5.92 Å². The quantitative estimate of drug-likeness (QED) is 0.571. The van der Waals surface area contributed by atoms with Crippen LogP contribution in [0.3, 0.4) is 0 Å². The molecule has 0 bridgehead atoms. The molecule has 0 radical (unpaired) electrons. The molecule has 1 aliphatic heterocycles. The summed E-state index contributed by atoms with van der Waals surface area (Å²) in [5.41, 5.74) is 0. The average molecular weight is 152 g/mol. The van der Waals surface area contributed by atoms with Crippen LogP contribution in [0.15, 0.2) is 0 Å². The van der Waals surface area contributed by atoms with Crippen molar-refractivity contribution < 1.29 is 0 Å². The van der Waals surface area contributed by atoms with Crippen LogP contribution in [0.2, 0.25) is 0 Å². The maximum Gasteiger partial charge on any atom is 0.0669 e. The predicted molar refractivity (Wildman–Crippen MR) is 45.0 cm³/mol. The Bertz CT molecular complexity index is 157. The SMILES string of the molecule is CC(C)N1CCC[C@H](C#N)C1. The Hall–Kier alpha value is -0.550. The zero-order valence-corrected chi connectivity index (χ0v) is 7.38. The maximum absolute atomic E-state index is 8.71. The fourth-order valence-corrected chi connectivity index (χ4v) is 1.58. The largest absolute Gasteiger partial charge is 0.300 e. The first kappa shape index (κ1) is 8.55. The lowest BCUT2D eigenvalue weighted by atomic mass is 9.99. The van der Waals surface area contributed by atoms with Gasteiger partial charge in [-0.2, -0.15) is 5.26 Å². The summed E-state index contributed by atoms with van der Waals surface area (Å²) in [6.07, 6.45) is 2.29. The van der Waals surface area contributed by atoms with Gasteiger partial charge in [0.15, 0.2) is 0 Å². The van der Waals surface area contributed by atoms with Crippen molar-refractivity contribution in [3.8, 4) is 6.07 Å². The van der Waals surface area contributed by atoms with E-state index < -0.39 is 0 Å². The van der Waals surface area contributed by atoms with Gasteiger partial charge in [0.2, 0.25) is 0 Å². The van der Waals surface area contributed by atoms with Crippen molar-refractivity contribution in [2.45, 2.75) is 32.7 Å². The van der Waals surface area contributed by atoms with Crippen LogP contribution in [-0.4, -0.2) is 24.0 Å². The molecule has 62 valence electrons. The van der Waals surface area contributed by atoms with Crippen LogP contribution in [0.1, 0.15) is 26.7 Å². The summed E-state index contributed by atoms with van der Waals surface area (Å²) in [4.78, 5) is 2.39. The van der Waals surface area contributed by atoms with Crippen molar-refractivity contribution in [3.05, 3.63) is 0 Å². The van der Waals surface area contributed by atoms with Crippen LogP contribution in [0.4, 0.5) is 0 Å². The molecule has 0 aromatic rings. The lowest BCUT2D eigenvalue weighted by Crippen LogP contribution is -2.39. The molecule has 0 unspecified atom stereocenters. The van der Waals surface area contributed by atoms with Gasteiger partial charge in [-0.3, -0.25) is 4.90 Å². The lowest BCUT2D eigenvalue weighted by Gasteiger charge is -2.32. The summed E-state index contributed by atoms with van der Waals surface area (Å²) in [5.74, 6) is 0.283. The standard InChI is InChI=1S/C9H16N2/c1-8(2)11-5-3-4-9(6-10)7-11/h8-9H,3-5,7H2,1-2H3/t9-/m1/s1. The van der Waals surface area contributed by atoms with E-state index in [1.54, 1.807) is 0 Å². The highest BCUT2D eigenvalue weighted by molar-refractivity contribution is 4.88. The molecule has 11 heavy (non-hydrogen) atoms. The van der Waals surface area contributed by atoms with E-state index in [4.69, 9.17) is 5.26 Å². The van der Waals surface area contributed by atoms with E-state index in [1.165, 1.54) is 13.0 Å². The third-order valence-electron chi connectivity index (χ3n) is 2.37. The molecule has 1 saturated heterocycles. The molecule has 1 heterocycles. The minimum absolute atomic E-state index is 0.283. The lowest BCUT2D eigenvalue weighted by molar-refractivity contribution is 0.160. The molecule has 0 N–H and O–H groups in total. The smallest absolute Gasteiger partial charge is 0.0669 e. The van der Waals surface area contributed by atoms with Crippen LogP contribution in [-0.2, 0) is 0 Å². The number of likely N-dealkylation sites (tertiary alicyclic amines) is 1. The van der Waals surface area contributed by atoms with Crippen molar-refractivity contribution in [3.63, 3.8) is 0 Å². The second-order valence-electron chi connectivity index (χ2n) is 3.56. The number of nitrogens with zero attached hydrogens (tertiary/aromatic N) is 2. The van der Waals surface area contributed by atoms with Crippen molar-refractivity contribution in [1.82, 2.24) is 4.90 Å². The molecular weight excluding hydrogens is 136 g/mol. The molecule has 1 rings (SSSR count). The van der Waals surface area contributed by atoms with Crippen LogP contribution in [0.5, 0.6) is 0 Å². The summed E-state index contributed by atoms with van der Waals surface area (Å²) in [7, 11) is 0. The van der Waals surface area contributed by atoms with Gasteiger partial charge in [0.25, 0.3) is 0 Å². The van der Waals surface area contributed by atoms with Gasteiger partial charge in [0, 0.05) is 12.6 Å². The fraction of sp³-hybridized carbons (Fsp3) is 0.889. The summed E-state index contributed by atoms with van der Waals surface area (Å²) in [5, 5.41) is 8.71. The fourth-order valence-electron chi connectivity index (χ4n) is 1.58. The summed E-state index contributed by atoms with van der Waals surface area (Å²) in [6.45, 7) is 6.55.